The van der Waals surface area contributed by atoms with Crippen LogP contribution < -0.4 is 4.74 Å². The number of nitrogens with zero attached hydrogens (tertiary/aromatic N) is 3. The molecule has 0 amide bonds. The van der Waals surface area contributed by atoms with Gasteiger partial charge in [-0.1, -0.05) is 55.7 Å². The molecule has 1 aliphatic heterocycles. The minimum absolute atomic E-state index is 0.291. The molecule has 0 radical (unpaired) electrons. The lowest BCUT2D eigenvalue weighted by Crippen LogP contribution is -2.10. The van der Waals surface area contributed by atoms with Crippen LogP contribution >= 0.6 is 0 Å². The van der Waals surface area contributed by atoms with E-state index >= 15 is 0 Å². The van der Waals surface area contributed by atoms with Crippen LogP contribution in [0.5, 0.6) is 5.75 Å². The number of aromatic carboxylic acids is 1. The SMILES string of the molecule is O=C(O)c1ccc2c(C3CCCCC3)c(-c3ccc(OCc4ccccc4)cc3)n(CC3=NCC=N3)c2c1. The summed E-state index contributed by atoms with van der Waals surface area (Å²) in [5.74, 6) is 1.09. The van der Waals surface area contributed by atoms with Crippen LogP contribution in [0.15, 0.2) is 82.8 Å². The van der Waals surface area contributed by atoms with Crippen LogP contribution in [-0.2, 0) is 13.2 Å². The molecule has 0 unspecified atom stereocenters. The van der Waals surface area contributed by atoms with Crippen LogP contribution in [0.3, 0.4) is 0 Å². The first-order valence-electron chi connectivity index (χ1n) is 13.4. The summed E-state index contributed by atoms with van der Waals surface area (Å²) >= 11 is 0. The van der Waals surface area contributed by atoms with Gasteiger partial charge in [-0.05, 0) is 71.8 Å². The Morgan fingerprint density at radius 3 is 2.47 bits per heavy atom. The van der Waals surface area contributed by atoms with E-state index in [-0.39, 0.29) is 0 Å². The van der Waals surface area contributed by atoms with Gasteiger partial charge in [-0.2, -0.15) is 0 Å². The fourth-order valence-corrected chi connectivity index (χ4v) is 5.80. The Morgan fingerprint density at radius 1 is 0.974 bits per heavy atom. The van der Waals surface area contributed by atoms with E-state index in [0.29, 0.717) is 31.2 Å². The van der Waals surface area contributed by atoms with Gasteiger partial charge in [0, 0.05) is 11.6 Å². The Labute approximate surface area is 222 Å². The molecule has 38 heavy (non-hydrogen) atoms. The Balaban J connectivity index is 1.46. The van der Waals surface area contributed by atoms with Gasteiger partial charge in [0.2, 0.25) is 0 Å². The average molecular weight is 506 g/mol. The monoisotopic (exact) mass is 505 g/mol. The van der Waals surface area contributed by atoms with Crippen molar-refractivity contribution >= 4 is 28.9 Å². The molecule has 3 aromatic carbocycles. The third-order valence-electron chi connectivity index (χ3n) is 7.64. The van der Waals surface area contributed by atoms with Crippen molar-refractivity contribution < 1.29 is 14.6 Å². The van der Waals surface area contributed by atoms with Crippen molar-refractivity contribution in [2.45, 2.75) is 51.2 Å². The molecular formula is C32H31N3O3. The maximum absolute atomic E-state index is 11.9. The second kappa shape index (κ2) is 10.7. The van der Waals surface area contributed by atoms with E-state index in [9.17, 15) is 9.90 Å². The van der Waals surface area contributed by atoms with Crippen molar-refractivity contribution in [2.75, 3.05) is 6.54 Å². The molecule has 1 fully saturated rings. The van der Waals surface area contributed by atoms with Crippen molar-refractivity contribution in [3.63, 3.8) is 0 Å². The van der Waals surface area contributed by atoms with Crippen molar-refractivity contribution in [1.82, 2.24) is 4.57 Å². The highest BCUT2D eigenvalue weighted by atomic mass is 16.5. The summed E-state index contributed by atoms with van der Waals surface area (Å²) in [7, 11) is 0. The zero-order valence-corrected chi connectivity index (χ0v) is 21.3. The smallest absolute Gasteiger partial charge is 0.335 e. The Bertz CT molecular complexity index is 1510. The number of ether oxygens (including phenoxy) is 1. The first-order valence-corrected chi connectivity index (χ1v) is 13.4. The molecule has 1 saturated carbocycles. The molecule has 2 aliphatic rings. The number of benzene rings is 3. The summed E-state index contributed by atoms with van der Waals surface area (Å²) in [4.78, 5) is 20.9. The summed E-state index contributed by atoms with van der Waals surface area (Å²) in [6.45, 7) is 1.61. The standard InChI is InChI=1S/C32H31N3O3/c36-32(37)25-13-16-27-28(19-25)35(20-29-33-17-18-34-29)31(30(27)23-9-5-2-6-10-23)24-11-14-26(15-12-24)38-21-22-7-3-1-4-8-22/h1,3-4,7-8,11-17,19,23H,2,5-6,9-10,18,20-21H2,(H,36,37). The predicted octanol–water partition coefficient (Wildman–Crippen LogP) is 7.12. The largest absolute Gasteiger partial charge is 0.489 e. The number of carboxylic acids is 1. The van der Waals surface area contributed by atoms with E-state index in [0.717, 1.165) is 52.2 Å². The Kier molecular flexibility index (Phi) is 6.78. The van der Waals surface area contributed by atoms with E-state index in [1.807, 2.05) is 48.7 Å². The predicted molar refractivity (Wildman–Crippen MR) is 152 cm³/mol. The van der Waals surface area contributed by atoms with Crippen molar-refractivity contribution in [3.8, 4) is 17.0 Å². The van der Waals surface area contributed by atoms with Gasteiger partial charge in [0.15, 0.2) is 0 Å². The highest BCUT2D eigenvalue weighted by Gasteiger charge is 2.27. The van der Waals surface area contributed by atoms with Gasteiger partial charge in [-0.25, -0.2) is 9.79 Å². The van der Waals surface area contributed by atoms with E-state index in [4.69, 9.17) is 4.74 Å². The van der Waals surface area contributed by atoms with Gasteiger partial charge in [-0.3, -0.25) is 4.99 Å². The number of fused-ring (bicyclic) bond motifs is 1. The summed E-state index contributed by atoms with van der Waals surface area (Å²) in [5.41, 5.74) is 5.89. The topological polar surface area (TPSA) is 76.2 Å². The maximum atomic E-state index is 11.9. The molecule has 6 nitrogen and oxygen atoms in total. The lowest BCUT2D eigenvalue weighted by molar-refractivity contribution is 0.0697. The fourth-order valence-electron chi connectivity index (χ4n) is 5.80. The molecule has 0 spiro atoms. The quantitative estimate of drug-likeness (QED) is 0.277. The zero-order valence-electron chi connectivity index (χ0n) is 21.3. The van der Waals surface area contributed by atoms with Crippen LogP contribution in [0.1, 0.15) is 59.5 Å². The van der Waals surface area contributed by atoms with Crippen molar-refractivity contribution in [2.24, 2.45) is 9.98 Å². The summed E-state index contributed by atoms with van der Waals surface area (Å²) in [6.07, 6.45) is 7.81. The molecule has 0 bridgehead atoms. The number of aliphatic imine (C=N–C) groups is 2. The number of aromatic nitrogens is 1. The van der Waals surface area contributed by atoms with E-state index in [1.54, 1.807) is 6.07 Å². The molecule has 6 heteroatoms. The van der Waals surface area contributed by atoms with Crippen molar-refractivity contribution in [1.29, 1.82) is 0 Å². The number of hydrogen-bond acceptors (Lipinski definition) is 4. The first-order chi connectivity index (χ1) is 18.7. The summed E-state index contributed by atoms with van der Waals surface area (Å²) in [6, 6.07) is 24.0. The Hall–Kier alpha value is -4.19. The molecular weight excluding hydrogens is 474 g/mol. The van der Waals surface area contributed by atoms with Gasteiger partial charge >= 0.3 is 5.97 Å². The third-order valence-corrected chi connectivity index (χ3v) is 7.64. The van der Waals surface area contributed by atoms with Crippen LogP contribution in [0.25, 0.3) is 22.2 Å². The number of hydrogen-bond donors (Lipinski definition) is 1. The molecule has 1 aromatic heterocycles. The average Bonchev–Trinajstić information content (AvgIpc) is 3.59. The zero-order chi connectivity index (χ0) is 25.9. The van der Waals surface area contributed by atoms with Crippen LogP contribution in [0.2, 0.25) is 0 Å². The summed E-state index contributed by atoms with van der Waals surface area (Å²) < 4.78 is 8.29. The normalized spacial score (nSPS) is 15.6. The van der Waals surface area contributed by atoms with Gasteiger partial charge in [0.1, 0.15) is 18.2 Å². The first kappa shape index (κ1) is 24.2. The second-order valence-corrected chi connectivity index (χ2v) is 10.1. The fraction of sp³-hybridized carbons (Fsp3) is 0.281. The van der Waals surface area contributed by atoms with Gasteiger partial charge < -0.3 is 14.4 Å². The third kappa shape index (κ3) is 4.86. The summed E-state index contributed by atoms with van der Waals surface area (Å²) in [5, 5.41) is 10.9. The Morgan fingerprint density at radius 2 is 1.76 bits per heavy atom. The van der Waals surface area contributed by atoms with Crippen LogP contribution in [0.4, 0.5) is 0 Å². The van der Waals surface area contributed by atoms with Gasteiger partial charge in [-0.15, -0.1) is 0 Å². The highest BCUT2D eigenvalue weighted by molar-refractivity contribution is 6.00. The van der Waals surface area contributed by atoms with Crippen LogP contribution in [-0.4, -0.2) is 34.2 Å². The minimum Gasteiger partial charge on any atom is -0.489 e. The van der Waals surface area contributed by atoms with Crippen molar-refractivity contribution in [3.05, 3.63) is 89.5 Å². The molecule has 1 N–H and O–H groups in total. The van der Waals surface area contributed by atoms with Gasteiger partial charge in [0.25, 0.3) is 0 Å². The van der Waals surface area contributed by atoms with E-state index in [1.165, 1.54) is 24.8 Å². The van der Waals surface area contributed by atoms with E-state index in [2.05, 4.69) is 38.8 Å². The number of carboxylic acid groups (broad SMARTS) is 1. The lowest BCUT2D eigenvalue weighted by Gasteiger charge is -2.24. The number of amidine groups is 1. The molecule has 192 valence electrons. The van der Waals surface area contributed by atoms with E-state index < -0.39 is 5.97 Å². The molecule has 1 aliphatic carbocycles. The number of carbonyl (C=O) groups is 1. The molecule has 6 rings (SSSR count). The molecule has 4 aromatic rings. The number of rotatable bonds is 8. The molecule has 0 saturated heterocycles. The second-order valence-electron chi connectivity index (χ2n) is 10.1. The highest BCUT2D eigenvalue weighted by Crippen LogP contribution is 2.44. The van der Waals surface area contributed by atoms with Crippen LogP contribution in [0, 0.1) is 0 Å². The van der Waals surface area contributed by atoms with Gasteiger partial charge in [0.05, 0.1) is 29.9 Å². The minimum atomic E-state index is -0.920. The molecule has 0 atom stereocenters. The molecule has 2 heterocycles. The lowest BCUT2D eigenvalue weighted by atomic mass is 9.82. The maximum Gasteiger partial charge on any atom is 0.335 e.